The van der Waals surface area contributed by atoms with Gasteiger partial charge < -0.3 is 15.2 Å². The summed E-state index contributed by atoms with van der Waals surface area (Å²) in [6.45, 7) is 0. The second kappa shape index (κ2) is 7.38. The third-order valence-corrected chi connectivity index (χ3v) is 5.39. The number of carbonyl (C=O) groups is 2. The second-order valence-electron chi connectivity index (χ2n) is 7.19. The van der Waals surface area contributed by atoms with E-state index in [0.29, 0.717) is 22.9 Å². The molecule has 0 spiro atoms. The van der Waals surface area contributed by atoms with Crippen LogP contribution in [-0.2, 0) is 22.4 Å². The Balaban J connectivity index is 1.58. The number of benzene rings is 2. The molecular weight excluding hydrogens is 372 g/mol. The van der Waals surface area contributed by atoms with Gasteiger partial charge in [0, 0.05) is 32.2 Å². The van der Waals surface area contributed by atoms with Crippen LogP contribution in [-0.4, -0.2) is 45.8 Å². The van der Waals surface area contributed by atoms with Crippen LogP contribution in [0.25, 0.3) is 10.9 Å². The van der Waals surface area contributed by atoms with Crippen LogP contribution in [0.2, 0.25) is 0 Å². The molecule has 1 fully saturated rings. The molecule has 0 bridgehead atoms. The lowest BCUT2D eigenvalue weighted by molar-refractivity contribution is -0.383. The Labute approximate surface area is 166 Å². The highest BCUT2D eigenvalue weighted by molar-refractivity contribution is 5.98. The molecule has 1 aliphatic rings. The summed E-state index contributed by atoms with van der Waals surface area (Å²) in [5.41, 5.74) is 2.20. The summed E-state index contributed by atoms with van der Waals surface area (Å²) < 4.78 is 0. The van der Waals surface area contributed by atoms with Crippen LogP contribution in [0.3, 0.4) is 0 Å². The van der Waals surface area contributed by atoms with Crippen molar-refractivity contribution in [1.82, 2.24) is 15.2 Å². The lowest BCUT2D eigenvalue weighted by Gasteiger charge is -2.36. The molecule has 1 saturated heterocycles. The predicted octanol–water partition coefficient (Wildman–Crippen LogP) is 2.19. The minimum Gasteiger partial charge on any atom is -0.361 e. The number of rotatable bonds is 5. The van der Waals surface area contributed by atoms with Gasteiger partial charge in [-0.15, -0.1) is 0 Å². The molecule has 2 aromatic carbocycles. The number of aromatic amines is 1. The fourth-order valence-corrected chi connectivity index (χ4v) is 3.88. The number of likely N-dealkylation sites (N-methyl/N-ethyl adjacent to an activating group) is 1. The lowest BCUT2D eigenvalue weighted by atomic mass is 9.96. The number of nitro groups is 1. The first-order chi connectivity index (χ1) is 14.0. The van der Waals surface area contributed by atoms with Crippen LogP contribution in [0.4, 0.5) is 5.69 Å². The van der Waals surface area contributed by atoms with Gasteiger partial charge >= 0.3 is 0 Å². The van der Waals surface area contributed by atoms with Gasteiger partial charge in [0.2, 0.25) is 11.8 Å². The van der Waals surface area contributed by atoms with E-state index in [2.05, 4.69) is 10.3 Å². The van der Waals surface area contributed by atoms with Crippen molar-refractivity contribution in [1.29, 1.82) is 0 Å². The van der Waals surface area contributed by atoms with Gasteiger partial charge in [-0.1, -0.05) is 36.4 Å². The van der Waals surface area contributed by atoms with E-state index in [0.717, 1.165) is 5.56 Å². The average molecular weight is 392 g/mol. The highest BCUT2D eigenvalue weighted by Crippen LogP contribution is 2.30. The molecule has 0 radical (unpaired) electrons. The molecule has 3 aromatic rings. The van der Waals surface area contributed by atoms with Crippen molar-refractivity contribution in [2.75, 3.05) is 7.05 Å². The standard InChI is InChI=1S/C21H20N4O4/c1-24-18(11-14-12-22-15-8-5-9-17(19(14)15)25(28)29)20(26)23-16(21(24)27)10-13-6-3-2-4-7-13/h2-9,12,16,18,22H,10-11H2,1H3,(H,23,26)/t16-,18-/m0/s1. The van der Waals surface area contributed by atoms with Crippen molar-refractivity contribution in [3.8, 4) is 0 Å². The largest absolute Gasteiger partial charge is 0.361 e. The molecule has 1 aromatic heterocycles. The van der Waals surface area contributed by atoms with E-state index >= 15 is 0 Å². The van der Waals surface area contributed by atoms with E-state index < -0.39 is 17.0 Å². The van der Waals surface area contributed by atoms with E-state index in [-0.39, 0.29) is 23.9 Å². The fourth-order valence-electron chi connectivity index (χ4n) is 3.88. The molecule has 0 saturated carbocycles. The summed E-state index contributed by atoms with van der Waals surface area (Å²) in [6, 6.07) is 12.9. The monoisotopic (exact) mass is 392 g/mol. The van der Waals surface area contributed by atoms with Crippen molar-refractivity contribution >= 4 is 28.4 Å². The molecule has 2 atom stereocenters. The number of amides is 2. The first-order valence-corrected chi connectivity index (χ1v) is 9.30. The van der Waals surface area contributed by atoms with E-state index in [9.17, 15) is 19.7 Å². The molecular formula is C21H20N4O4. The first-order valence-electron chi connectivity index (χ1n) is 9.30. The molecule has 2 N–H and O–H groups in total. The third kappa shape index (κ3) is 3.44. The number of nitrogens with zero attached hydrogens (tertiary/aromatic N) is 2. The molecule has 8 heteroatoms. The average Bonchev–Trinajstić information content (AvgIpc) is 3.13. The molecule has 1 aliphatic heterocycles. The van der Waals surface area contributed by atoms with Crippen molar-refractivity contribution in [3.63, 3.8) is 0 Å². The van der Waals surface area contributed by atoms with Crippen molar-refractivity contribution in [2.45, 2.75) is 24.9 Å². The van der Waals surface area contributed by atoms with Gasteiger partial charge in [-0.05, 0) is 17.2 Å². The van der Waals surface area contributed by atoms with E-state index in [4.69, 9.17) is 0 Å². The van der Waals surface area contributed by atoms with Crippen LogP contribution >= 0.6 is 0 Å². The maximum atomic E-state index is 12.8. The van der Waals surface area contributed by atoms with Gasteiger partial charge in [0.15, 0.2) is 0 Å². The zero-order chi connectivity index (χ0) is 20.5. The number of carbonyl (C=O) groups excluding carboxylic acids is 2. The van der Waals surface area contributed by atoms with Gasteiger partial charge in [0.05, 0.1) is 15.8 Å². The molecule has 2 heterocycles. The highest BCUT2D eigenvalue weighted by Gasteiger charge is 2.39. The zero-order valence-electron chi connectivity index (χ0n) is 15.8. The molecule has 8 nitrogen and oxygen atoms in total. The molecule has 148 valence electrons. The topological polar surface area (TPSA) is 108 Å². The van der Waals surface area contributed by atoms with Crippen molar-refractivity contribution in [3.05, 3.63) is 76.0 Å². The predicted molar refractivity (Wildman–Crippen MR) is 107 cm³/mol. The van der Waals surface area contributed by atoms with Crippen LogP contribution in [0.1, 0.15) is 11.1 Å². The van der Waals surface area contributed by atoms with E-state index in [1.54, 1.807) is 25.4 Å². The van der Waals surface area contributed by atoms with Crippen LogP contribution < -0.4 is 5.32 Å². The molecule has 0 aliphatic carbocycles. The number of hydrogen-bond donors (Lipinski definition) is 2. The Morgan fingerprint density at radius 1 is 1.07 bits per heavy atom. The highest BCUT2D eigenvalue weighted by atomic mass is 16.6. The van der Waals surface area contributed by atoms with Gasteiger partial charge in [0.1, 0.15) is 12.1 Å². The Kier molecular flexibility index (Phi) is 4.75. The molecule has 2 amide bonds. The Morgan fingerprint density at radius 2 is 1.83 bits per heavy atom. The SMILES string of the molecule is CN1C(=O)[C@H](Cc2ccccc2)NC(=O)[C@@H]1Cc1c[nH]c2cccc([N+](=O)[O-])c12. The summed E-state index contributed by atoms with van der Waals surface area (Å²) in [4.78, 5) is 41.1. The van der Waals surface area contributed by atoms with Gasteiger partial charge in [0.25, 0.3) is 5.69 Å². The summed E-state index contributed by atoms with van der Waals surface area (Å²) in [5.74, 6) is -0.436. The van der Waals surface area contributed by atoms with Crippen molar-refractivity contribution < 1.29 is 14.5 Å². The molecule has 4 rings (SSSR count). The lowest BCUT2D eigenvalue weighted by Crippen LogP contribution is -2.63. The minimum atomic E-state index is -0.728. The van der Waals surface area contributed by atoms with E-state index in [1.807, 2.05) is 30.3 Å². The fraction of sp³-hybridized carbons (Fsp3) is 0.238. The number of non-ortho nitro benzene ring substituents is 1. The van der Waals surface area contributed by atoms with Crippen LogP contribution in [0.5, 0.6) is 0 Å². The minimum absolute atomic E-state index is 0.0223. The summed E-state index contributed by atoms with van der Waals surface area (Å²) in [5, 5.41) is 14.7. The number of hydrogen-bond acceptors (Lipinski definition) is 4. The van der Waals surface area contributed by atoms with Gasteiger partial charge in [-0.25, -0.2) is 0 Å². The Bertz CT molecular complexity index is 1090. The smallest absolute Gasteiger partial charge is 0.279 e. The quantitative estimate of drug-likeness (QED) is 0.512. The summed E-state index contributed by atoms with van der Waals surface area (Å²) in [7, 11) is 1.60. The maximum absolute atomic E-state index is 12.8. The van der Waals surface area contributed by atoms with Crippen LogP contribution in [0, 0.1) is 10.1 Å². The van der Waals surface area contributed by atoms with Gasteiger partial charge in [-0.2, -0.15) is 0 Å². The number of nitro benzene ring substituents is 1. The Morgan fingerprint density at radius 3 is 2.55 bits per heavy atom. The zero-order valence-corrected chi connectivity index (χ0v) is 15.8. The number of nitrogens with one attached hydrogen (secondary N) is 2. The Hall–Kier alpha value is -3.68. The number of fused-ring (bicyclic) bond motifs is 1. The third-order valence-electron chi connectivity index (χ3n) is 5.39. The number of H-pyrrole nitrogens is 1. The van der Waals surface area contributed by atoms with E-state index in [1.165, 1.54) is 11.0 Å². The summed E-state index contributed by atoms with van der Waals surface area (Å²) >= 11 is 0. The molecule has 29 heavy (non-hydrogen) atoms. The van der Waals surface area contributed by atoms with Crippen LogP contribution in [0.15, 0.2) is 54.7 Å². The normalized spacial score (nSPS) is 19.4. The first kappa shape index (κ1) is 18.7. The summed E-state index contributed by atoms with van der Waals surface area (Å²) in [6.07, 6.45) is 2.28. The maximum Gasteiger partial charge on any atom is 0.279 e. The number of aromatic nitrogens is 1. The number of piperazine rings is 1. The molecule has 0 unspecified atom stereocenters. The van der Waals surface area contributed by atoms with Gasteiger partial charge in [-0.3, -0.25) is 19.7 Å². The van der Waals surface area contributed by atoms with Crippen molar-refractivity contribution in [2.24, 2.45) is 0 Å². The second-order valence-corrected chi connectivity index (χ2v) is 7.19.